The van der Waals surface area contributed by atoms with E-state index in [1.807, 2.05) is 13.8 Å². The number of carbonyl (C=O) groups excluding carboxylic acids is 1. The smallest absolute Gasteiger partial charge is 0.407 e. The lowest BCUT2D eigenvalue weighted by molar-refractivity contribution is 0.0733. The van der Waals surface area contributed by atoms with Crippen LogP contribution in [0.15, 0.2) is 0 Å². The second-order valence-corrected chi connectivity index (χ2v) is 2.28. The summed E-state index contributed by atoms with van der Waals surface area (Å²) in [4.78, 5) is 10.7. The standard InChI is InChI=1S/C8H17NO3/c1-3-5-11-6-7-12-8(10)9-4-2/h3-7H2,1-2H3,(H,9,10). The van der Waals surface area contributed by atoms with Crippen molar-refractivity contribution in [2.45, 2.75) is 20.3 Å². The van der Waals surface area contributed by atoms with E-state index in [1.54, 1.807) is 0 Å². The van der Waals surface area contributed by atoms with Gasteiger partial charge in [-0.3, -0.25) is 0 Å². The molecule has 0 bridgehead atoms. The third-order valence-electron chi connectivity index (χ3n) is 1.13. The van der Waals surface area contributed by atoms with Crippen molar-refractivity contribution in [3.63, 3.8) is 0 Å². The van der Waals surface area contributed by atoms with Crippen LogP contribution in [0.1, 0.15) is 20.3 Å². The number of hydrogen-bond acceptors (Lipinski definition) is 3. The molecule has 1 N–H and O–H groups in total. The summed E-state index contributed by atoms with van der Waals surface area (Å²) in [6.45, 7) is 5.99. The average molecular weight is 175 g/mol. The maximum Gasteiger partial charge on any atom is 0.407 e. The van der Waals surface area contributed by atoms with E-state index in [9.17, 15) is 4.79 Å². The largest absolute Gasteiger partial charge is 0.447 e. The van der Waals surface area contributed by atoms with Crippen LogP contribution in [0.5, 0.6) is 0 Å². The molecule has 0 aliphatic heterocycles. The van der Waals surface area contributed by atoms with Crippen LogP contribution in [-0.2, 0) is 9.47 Å². The Morgan fingerprint density at radius 2 is 2.00 bits per heavy atom. The topological polar surface area (TPSA) is 47.6 Å². The van der Waals surface area contributed by atoms with Gasteiger partial charge in [0.05, 0.1) is 6.61 Å². The van der Waals surface area contributed by atoms with E-state index in [0.717, 1.165) is 13.0 Å². The third-order valence-corrected chi connectivity index (χ3v) is 1.13. The Bertz CT molecular complexity index is 117. The first-order valence-electron chi connectivity index (χ1n) is 4.29. The summed E-state index contributed by atoms with van der Waals surface area (Å²) in [7, 11) is 0. The number of carbonyl (C=O) groups is 1. The van der Waals surface area contributed by atoms with Gasteiger partial charge >= 0.3 is 6.09 Å². The van der Waals surface area contributed by atoms with Crippen LogP contribution in [0.2, 0.25) is 0 Å². The zero-order valence-corrected chi connectivity index (χ0v) is 7.76. The second-order valence-electron chi connectivity index (χ2n) is 2.28. The predicted octanol–water partition coefficient (Wildman–Crippen LogP) is 1.16. The molecule has 4 heteroatoms. The Morgan fingerprint density at radius 3 is 2.58 bits per heavy atom. The van der Waals surface area contributed by atoms with Crippen LogP contribution in [0.3, 0.4) is 0 Å². The Kier molecular flexibility index (Phi) is 7.79. The minimum atomic E-state index is -0.377. The fourth-order valence-electron chi connectivity index (χ4n) is 0.635. The molecule has 12 heavy (non-hydrogen) atoms. The normalized spacial score (nSPS) is 9.50. The van der Waals surface area contributed by atoms with Crippen molar-refractivity contribution in [2.24, 2.45) is 0 Å². The molecule has 1 amide bonds. The van der Waals surface area contributed by atoms with Crippen LogP contribution < -0.4 is 5.32 Å². The maximum absolute atomic E-state index is 10.7. The molecule has 0 fully saturated rings. The molecule has 0 aromatic heterocycles. The van der Waals surface area contributed by atoms with Gasteiger partial charge in [0.25, 0.3) is 0 Å². The van der Waals surface area contributed by atoms with Crippen molar-refractivity contribution < 1.29 is 14.3 Å². The van der Waals surface area contributed by atoms with Crippen molar-refractivity contribution in [1.29, 1.82) is 0 Å². The first-order valence-corrected chi connectivity index (χ1v) is 4.29. The van der Waals surface area contributed by atoms with Crippen LogP contribution in [0.4, 0.5) is 4.79 Å². The molecule has 0 radical (unpaired) electrons. The van der Waals surface area contributed by atoms with Gasteiger partial charge in [0.2, 0.25) is 0 Å². The highest BCUT2D eigenvalue weighted by Gasteiger charge is 1.97. The summed E-state index contributed by atoms with van der Waals surface area (Å²) in [6, 6.07) is 0. The first kappa shape index (κ1) is 11.2. The van der Waals surface area contributed by atoms with Gasteiger partial charge in [-0.25, -0.2) is 4.79 Å². The lowest BCUT2D eigenvalue weighted by Gasteiger charge is -2.04. The van der Waals surface area contributed by atoms with E-state index < -0.39 is 0 Å². The van der Waals surface area contributed by atoms with E-state index >= 15 is 0 Å². The molecule has 72 valence electrons. The van der Waals surface area contributed by atoms with E-state index in [1.165, 1.54) is 0 Å². The molecule has 4 nitrogen and oxygen atoms in total. The molecule has 0 spiro atoms. The Hall–Kier alpha value is -0.770. The van der Waals surface area contributed by atoms with E-state index in [0.29, 0.717) is 19.8 Å². The van der Waals surface area contributed by atoms with E-state index in [2.05, 4.69) is 5.32 Å². The first-order chi connectivity index (χ1) is 5.81. The fourth-order valence-corrected chi connectivity index (χ4v) is 0.635. The van der Waals surface area contributed by atoms with Crippen molar-refractivity contribution in [3.05, 3.63) is 0 Å². The minimum Gasteiger partial charge on any atom is -0.447 e. The number of alkyl carbamates (subject to hydrolysis) is 1. The number of rotatable bonds is 6. The van der Waals surface area contributed by atoms with Gasteiger partial charge in [-0.2, -0.15) is 0 Å². The number of ether oxygens (including phenoxy) is 2. The van der Waals surface area contributed by atoms with Crippen molar-refractivity contribution in [1.82, 2.24) is 5.32 Å². The van der Waals surface area contributed by atoms with Crippen molar-refractivity contribution in [3.8, 4) is 0 Å². The molecule has 0 rings (SSSR count). The highest BCUT2D eigenvalue weighted by atomic mass is 16.6. The van der Waals surface area contributed by atoms with Gasteiger partial charge in [0.15, 0.2) is 0 Å². The molecule has 0 heterocycles. The summed E-state index contributed by atoms with van der Waals surface area (Å²) in [5, 5.41) is 2.52. The molecule has 0 aromatic rings. The molecule has 0 atom stereocenters. The molecule has 0 saturated carbocycles. The van der Waals surface area contributed by atoms with Gasteiger partial charge < -0.3 is 14.8 Å². The zero-order valence-electron chi connectivity index (χ0n) is 7.76. The van der Waals surface area contributed by atoms with Gasteiger partial charge in [0.1, 0.15) is 6.61 Å². The van der Waals surface area contributed by atoms with E-state index in [-0.39, 0.29) is 6.09 Å². The van der Waals surface area contributed by atoms with Crippen molar-refractivity contribution in [2.75, 3.05) is 26.4 Å². The molecular formula is C8H17NO3. The van der Waals surface area contributed by atoms with Crippen molar-refractivity contribution >= 4 is 6.09 Å². The lowest BCUT2D eigenvalue weighted by atomic mass is 10.5. The second kappa shape index (κ2) is 8.33. The Labute approximate surface area is 73.2 Å². The van der Waals surface area contributed by atoms with Gasteiger partial charge in [0, 0.05) is 13.2 Å². The lowest BCUT2D eigenvalue weighted by Crippen LogP contribution is -2.25. The van der Waals surface area contributed by atoms with E-state index in [4.69, 9.17) is 9.47 Å². The van der Waals surface area contributed by atoms with Crippen LogP contribution in [0, 0.1) is 0 Å². The Morgan fingerprint density at radius 1 is 1.25 bits per heavy atom. The number of nitrogens with one attached hydrogen (secondary N) is 1. The summed E-state index contributed by atoms with van der Waals surface area (Å²) >= 11 is 0. The minimum absolute atomic E-state index is 0.325. The monoisotopic (exact) mass is 175 g/mol. The molecule has 0 aliphatic rings. The summed E-state index contributed by atoms with van der Waals surface area (Å²) < 4.78 is 9.86. The SMILES string of the molecule is CCCOCCOC(=O)NCC. The number of amides is 1. The summed E-state index contributed by atoms with van der Waals surface area (Å²) in [6.07, 6.45) is 0.610. The summed E-state index contributed by atoms with van der Waals surface area (Å²) in [5.74, 6) is 0. The predicted molar refractivity (Wildman–Crippen MR) is 46.1 cm³/mol. The third kappa shape index (κ3) is 7.34. The van der Waals surface area contributed by atoms with Crippen LogP contribution >= 0.6 is 0 Å². The average Bonchev–Trinajstić information content (AvgIpc) is 2.05. The quantitative estimate of drug-likeness (QED) is 0.616. The highest BCUT2D eigenvalue weighted by Crippen LogP contribution is 1.82. The molecule has 0 saturated heterocycles. The number of hydrogen-bond donors (Lipinski definition) is 1. The van der Waals surface area contributed by atoms with Gasteiger partial charge in [-0.1, -0.05) is 6.92 Å². The molecule has 0 aromatic carbocycles. The van der Waals surface area contributed by atoms with Gasteiger partial charge in [-0.05, 0) is 13.3 Å². The van der Waals surface area contributed by atoms with Crippen LogP contribution in [0.25, 0.3) is 0 Å². The van der Waals surface area contributed by atoms with Gasteiger partial charge in [-0.15, -0.1) is 0 Å². The summed E-state index contributed by atoms with van der Waals surface area (Å²) in [5.41, 5.74) is 0. The molecular weight excluding hydrogens is 158 g/mol. The maximum atomic E-state index is 10.7. The van der Waals surface area contributed by atoms with Crippen LogP contribution in [-0.4, -0.2) is 32.5 Å². The zero-order chi connectivity index (χ0) is 9.23. The molecule has 0 aliphatic carbocycles. The highest BCUT2D eigenvalue weighted by molar-refractivity contribution is 5.66. The Balaban J connectivity index is 3.03. The fraction of sp³-hybridized carbons (Fsp3) is 0.875. The molecule has 0 unspecified atom stereocenters.